The molecule has 1 heterocycles. The molecule has 94 valence electrons. The Labute approximate surface area is 119 Å². The lowest BCUT2D eigenvalue weighted by molar-refractivity contribution is 1.13. The molecule has 18 heavy (non-hydrogen) atoms. The topological polar surface area (TPSA) is 50.9 Å². The summed E-state index contributed by atoms with van der Waals surface area (Å²) in [6.45, 7) is 2.10. The van der Waals surface area contributed by atoms with Gasteiger partial charge in [-0.2, -0.15) is 0 Å². The van der Waals surface area contributed by atoms with Crippen LogP contribution in [0, 0.1) is 0 Å². The molecule has 2 aromatic rings. The molecular formula is C13H13BrClN3. The lowest BCUT2D eigenvalue weighted by Crippen LogP contribution is -2.01. The van der Waals surface area contributed by atoms with Crippen molar-refractivity contribution in [2.75, 3.05) is 11.1 Å². The van der Waals surface area contributed by atoms with Crippen molar-refractivity contribution in [3.05, 3.63) is 45.5 Å². The molecule has 0 saturated heterocycles. The Morgan fingerprint density at radius 3 is 2.83 bits per heavy atom. The Bertz CT molecular complexity index is 572. The minimum absolute atomic E-state index is 0.418. The van der Waals surface area contributed by atoms with E-state index in [9.17, 15) is 0 Å². The molecular weight excluding hydrogens is 314 g/mol. The van der Waals surface area contributed by atoms with Gasteiger partial charge in [0.1, 0.15) is 5.15 Å². The van der Waals surface area contributed by atoms with Crippen LogP contribution in [-0.4, -0.2) is 4.98 Å². The fourth-order valence-corrected chi connectivity index (χ4v) is 2.21. The first-order chi connectivity index (χ1) is 8.60. The third-order valence-corrected chi connectivity index (χ3v) is 3.30. The summed E-state index contributed by atoms with van der Waals surface area (Å²) in [7, 11) is 0. The summed E-state index contributed by atoms with van der Waals surface area (Å²) in [5.41, 5.74) is 8.61. The monoisotopic (exact) mass is 325 g/mol. The minimum Gasteiger partial charge on any atom is -0.396 e. The lowest BCUT2D eigenvalue weighted by atomic mass is 10.1. The van der Waals surface area contributed by atoms with E-state index < -0.39 is 0 Å². The molecule has 0 atom stereocenters. The Hall–Kier alpha value is -1.26. The SMILES string of the molecule is CCc1cc(Br)ccc1Nc1nc(Cl)ccc1N. The van der Waals surface area contributed by atoms with Gasteiger partial charge in [-0.1, -0.05) is 34.5 Å². The Kier molecular flexibility index (Phi) is 4.09. The van der Waals surface area contributed by atoms with Crippen molar-refractivity contribution in [2.24, 2.45) is 0 Å². The Balaban J connectivity index is 2.36. The summed E-state index contributed by atoms with van der Waals surface area (Å²) in [4.78, 5) is 4.18. The second-order valence-corrected chi connectivity index (χ2v) is 5.15. The predicted octanol–water partition coefficient (Wildman–Crippen LogP) is 4.39. The number of hydrogen-bond acceptors (Lipinski definition) is 3. The summed E-state index contributed by atoms with van der Waals surface area (Å²) < 4.78 is 1.05. The molecule has 0 aliphatic rings. The quantitative estimate of drug-likeness (QED) is 0.823. The van der Waals surface area contributed by atoms with Crippen LogP contribution in [0.3, 0.4) is 0 Å². The Morgan fingerprint density at radius 1 is 1.33 bits per heavy atom. The number of nitrogens with two attached hydrogens (primary N) is 1. The van der Waals surface area contributed by atoms with Gasteiger partial charge in [0.05, 0.1) is 5.69 Å². The number of pyridine rings is 1. The largest absolute Gasteiger partial charge is 0.396 e. The van der Waals surface area contributed by atoms with Gasteiger partial charge in [-0.3, -0.25) is 0 Å². The van der Waals surface area contributed by atoms with E-state index in [-0.39, 0.29) is 0 Å². The van der Waals surface area contributed by atoms with E-state index in [2.05, 4.69) is 39.2 Å². The van der Waals surface area contributed by atoms with Crippen molar-refractivity contribution in [1.29, 1.82) is 0 Å². The third-order valence-electron chi connectivity index (χ3n) is 2.59. The summed E-state index contributed by atoms with van der Waals surface area (Å²) >= 11 is 9.33. The van der Waals surface area contributed by atoms with Crippen molar-refractivity contribution < 1.29 is 0 Å². The highest BCUT2D eigenvalue weighted by atomic mass is 79.9. The van der Waals surface area contributed by atoms with Crippen molar-refractivity contribution in [2.45, 2.75) is 13.3 Å². The van der Waals surface area contributed by atoms with Gasteiger partial charge in [0.25, 0.3) is 0 Å². The molecule has 0 saturated carbocycles. The average molecular weight is 327 g/mol. The molecule has 3 nitrogen and oxygen atoms in total. The zero-order valence-electron chi connectivity index (χ0n) is 9.87. The van der Waals surface area contributed by atoms with Crippen LogP contribution in [0.2, 0.25) is 5.15 Å². The van der Waals surface area contributed by atoms with Gasteiger partial charge in [-0.25, -0.2) is 4.98 Å². The van der Waals surface area contributed by atoms with Crippen LogP contribution in [0.25, 0.3) is 0 Å². The van der Waals surface area contributed by atoms with E-state index in [1.807, 2.05) is 12.1 Å². The normalized spacial score (nSPS) is 10.4. The number of rotatable bonds is 3. The predicted molar refractivity (Wildman–Crippen MR) is 80.5 cm³/mol. The molecule has 0 aliphatic heterocycles. The average Bonchev–Trinajstić information content (AvgIpc) is 2.36. The van der Waals surface area contributed by atoms with E-state index in [4.69, 9.17) is 17.3 Å². The maximum absolute atomic E-state index is 5.87. The third kappa shape index (κ3) is 2.94. The highest BCUT2D eigenvalue weighted by Crippen LogP contribution is 2.27. The second-order valence-electron chi connectivity index (χ2n) is 3.85. The number of nitrogens with zero attached hydrogens (tertiary/aromatic N) is 1. The van der Waals surface area contributed by atoms with Crippen LogP contribution in [0.5, 0.6) is 0 Å². The minimum atomic E-state index is 0.418. The van der Waals surface area contributed by atoms with Gasteiger partial charge in [-0.05, 0) is 42.3 Å². The molecule has 1 aromatic carbocycles. The zero-order valence-corrected chi connectivity index (χ0v) is 12.2. The first-order valence-electron chi connectivity index (χ1n) is 5.57. The number of hydrogen-bond donors (Lipinski definition) is 2. The van der Waals surface area contributed by atoms with Crippen molar-refractivity contribution in [3.63, 3.8) is 0 Å². The number of halogens is 2. The molecule has 1 aromatic heterocycles. The smallest absolute Gasteiger partial charge is 0.155 e. The molecule has 0 bridgehead atoms. The zero-order chi connectivity index (χ0) is 13.1. The van der Waals surface area contributed by atoms with E-state index >= 15 is 0 Å². The second kappa shape index (κ2) is 5.59. The van der Waals surface area contributed by atoms with Gasteiger partial charge < -0.3 is 11.1 Å². The molecule has 0 radical (unpaired) electrons. The van der Waals surface area contributed by atoms with Crippen LogP contribution in [-0.2, 0) is 6.42 Å². The number of nitrogen functional groups attached to an aromatic ring is 1. The first kappa shape index (κ1) is 13.2. The lowest BCUT2D eigenvalue weighted by Gasteiger charge is -2.12. The van der Waals surface area contributed by atoms with Crippen molar-refractivity contribution in [1.82, 2.24) is 4.98 Å². The molecule has 0 amide bonds. The van der Waals surface area contributed by atoms with Crippen LogP contribution in [0.1, 0.15) is 12.5 Å². The van der Waals surface area contributed by atoms with Crippen LogP contribution in [0.15, 0.2) is 34.8 Å². The maximum atomic E-state index is 5.87. The van der Waals surface area contributed by atoms with Gasteiger partial charge >= 0.3 is 0 Å². The van der Waals surface area contributed by atoms with Gasteiger partial charge in [0.2, 0.25) is 0 Å². The summed E-state index contributed by atoms with van der Waals surface area (Å²) in [6, 6.07) is 9.45. The molecule has 0 spiro atoms. The molecule has 2 rings (SSSR count). The number of benzene rings is 1. The number of nitrogens with one attached hydrogen (secondary N) is 1. The molecule has 0 aliphatic carbocycles. The summed E-state index contributed by atoms with van der Waals surface area (Å²) in [5.74, 6) is 0.583. The highest BCUT2D eigenvalue weighted by molar-refractivity contribution is 9.10. The summed E-state index contributed by atoms with van der Waals surface area (Å²) in [6.07, 6.45) is 0.919. The van der Waals surface area contributed by atoms with E-state index in [0.29, 0.717) is 16.7 Å². The van der Waals surface area contributed by atoms with E-state index in [0.717, 1.165) is 16.6 Å². The summed E-state index contributed by atoms with van der Waals surface area (Å²) in [5, 5.41) is 3.64. The van der Waals surface area contributed by atoms with Crippen LogP contribution < -0.4 is 11.1 Å². The highest BCUT2D eigenvalue weighted by Gasteiger charge is 2.06. The molecule has 3 N–H and O–H groups in total. The van der Waals surface area contributed by atoms with Crippen molar-refractivity contribution in [3.8, 4) is 0 Å². The molecule has 0 unspecified atom stereocenters. The van der Waals surface area contributed by atoms with Crippen LogP contribution >= 0.6 is 27.5 Å². The van der Waals surface area contributed by atoms with Crippen molar-refractivity contribution >= 4 is 44.7 Å². The number of aryl methyl sites for hydroxylation is 1. The Morgan fingerprint density at radius 2 is 2.11 bits per heavy atom. The standard InChI is InChI=1S/C13H13BrClN3/c1-2-8-7-9(14)3-5-11(8)17-13-10(16)4-6-12(15)18-13/h3-7H,2,16H2,1H3,(H,17,18). The van der Waals surface area contributed by atoms with Crippen LogP contribution in [0.4, 0.5) is 17.2 Å². The van der Waals surface area contributed by atoms with Gasteiger partial charge in [0.15, 0.2) is 5.82 Å². The maximum Gasteiger partial charge on any atom is 0.155 e. The van der Waals surface area contributed by atoms with E-state index in [1.54, 1.807) is 12.1 Å². The number of aromatic nitrogens is 1. The van der Waals surface area contributed by atoms with Gasteiger partial charge in [-0.15, -0.1) is 0 Å². The first-order valence-corrected chi connectivity index (χ1v) is 6.74. The molecule has 0 fully saturated rings. The molecule has 5 heteroatoms. The van der Waals surface area contributed by atoms with Gasteiger partial charge in [0, 0.05) is 10.2 Å². The van der Waals surface area contributed by atoms with E-state index in [1.165, 1.54) is 5.56 Å². The number of anilines is 3. The fraction of sp³-hybridized carbons (Fsp3) is 0.154. The fourth-order valence-electron chi connectivity index (χ4n) is 1.65.